The van der Waals surface area contributed by atoms with Crippen LogP contribution in [-0.2, 0) is 20.7 Å². The predicted molar refractivity (Wildman–Crippen MR) is 167 cm³/mol. The smallest absolute Gasteiger partial charge is 0.321 e. The van der Waals surface area contributed by atoms with E-state index in [9.17, 15) is 18.8 Å². The SMILES string of the molecule is CO.NC(=O)C1CCCN(c2ncnc(N3CCCCCC3)c2F)C1.O=CCCc1ccc(NC(=O)N2CCOCC2)cc1. The summed E-state index contributed by atoms with van der Waals surface area (Å²) in [5.41, 5.74) is 7.27. The molecule has 5 rings (SSSR count). The molecule has 1 aromatic carbocycles. The number of amides is 3. The second kappa shape index (κ2) is 18.7. The molecule has 3 saturated heterocycles. The maximum Gasteiger partial charge on any atom is 0.321 e. The average molecular weight is 616 g/mol. The Bertz CT molecular complexity index is 1170. The Balaban J connectivity index is 0.000000232. The summed E-state index contributed by atoms with van der Waals surface area (Å²) in [5, 5.41) is 9.86. The molecule has 3 fully saturated rings. The number of ether oxygens (including phenoxy) is 1. The predicted octanol–water partition coefficient (Wildman–Crippen LogP) is 2.99. The third-order valence-corrected chi connectivity index (χ3v) is 7.84. The van der Waals surface area contributed by atoms with Gasteiger partial charge in [0.25, 0.3) is 0 Å². The molecular formula is C31H46FN7O5. The van der Waals surface area contributed by atoms with Crippen LogP contribution in [0.1, 0.15) is 50.5 Å². The minimum Gasteiger partial charge on any atom is -0.400 e. The van der Waals surface area contributed by atoms with Crippen molar-refractivity contribution < 1.29 is 28.6 Å². The van der Waals surface area contributed by atoms with E-state index < -0.39 is 0 Å². The number of nitrogens with two attached hydrogens (primary N) is 1. The molecule has 0 spiro atoms. The first-order chi connectivity index (χ1) is 21.5. The average Bonchev–Trinajstić information content (AvgIpc) is 3.36. The first kappa shape index (κ1) is 34.6. The van der Waals surface area contributed by atoms with Crippen LogP contribution in [0.15, 0.2) is 30.6 Å². The van der Waals surface area contributed by atoms with Gasteiger partial charge in [0.1, 0.15) is 12.6 Å². The van der Waals surface area contributed by atoms with Gasteiger partial charge >= 0.3 is 6.03 Å². The van der Waals surface area contributed by atoms with Crippen LogP contribution in [0.5, 0.6) is 0 Å². The number of rotatable bonds is 7. The number of nitrogens with zero attached hydrogens (tertiary/aromatic N) is 5. The largest absolute Gasteiger partial charge is 0.400 e. The summed E-state index contributed by atoms with van der Waals surface area (Å²) in [6, 6.07) is 7.48. The van der Waals surface area contributed by atoms with Crippen LogP contribution in [0.4, 0.5) is 26.5 Å². The van der Waals surface area contributed by atoms with E-state index in [2.05, 4.69) is 15.3 Å². The van der Waals surface area contributed by atoms with Crippen LogP contribution < -0.4 is 20.9 Å². The summed E-state index contributed by atoms with van der Waals surface area (Å²) in [7, 11) is 1.00. The van der Waals surface area contributed by atoms with Gasteiger partial charge in [-0.2, -0.15) is 4.39 Å². The van der Waals surface area contributed by atoms with Crippen LogP contribution in [-0.4, -0.2) is 97.8 Å². The molecule has 242 valence electrons. The molecule has 4 heterocycles. The summed E-state index contributed by atoms with van der Waals surface area (Å²) in [5.74, 6) is -0.250. The quantitative estimate of drug-likeness (QED) is 0.399. The molecule has 0 bridgehead atoms. The molecule has 0 radical (unpaired) electrons. The third kappa shape index (κ3) is 10.4. The number of halogens is 1. The van der Waals surface area contributed by atoms with E-state index in [0.717, 1.165) is 69.8 Å². The molecule has 3 amide bonds. The fraction of sp³-hybridized carbons (Fsp3) is 0.581. The van der Waals surface area contributed by atoms with Gasteiger partial charge in [-0.3, -0.25) is 4.79 Å². The van der Waals surface area contributed by atoms with E-state index in [1.807, 2.05) is 34.1 Å². The summed E-state index contributed by atoms with van der Waals surface area (Å²) >= 11 is 0. The highest BCUT2D eigenvalue weighted by Gasteiger charge is 2.28. The number of carbonyl (C=O) groups excluding carboxylic acids is 3. The number of nitrogens with one attached hydrogen (secondary N) is 1. The lowest BCUT2D eigenvalue weighted by molar-refractivity contribution is -0.122. The van der Waals surface area contributed by atoms with Crippen LogP contribution in [0, 0.1) is 11.7 Å². The lowest BCUT2D eigenvalue weighted by Gasteiger charge is -2.33. The molecule has 4 N–H and O–H groups in total. The van der Waals surface area contributed by atoms with Gasteiger partial charge in [0.15, 0.2) is 11.6 Å². The Labute approximate surface area is 258 Å². The molecule has 0 aliphatic carbocycles. The molecular weight excluding hydrogens is 569 g/mol. The van der Waals surface area contributed by atoms with Gasteiger partial charge < -0.3 is 40.4 Å². The fourth-order valence-corrected chi connectivity index (χ4v) is 5.43. The number of hydrogen-bond acceptors (Lipinski definition) is 9. The Morgan fingerprint density at radius 2 is 1.59 bits per heavy atom. The minimum absolute atomic E-state index is 0.0936. The van der Waals surface area contributed by atoms with E-state index in [-0.39, 0.29) is 23.7 Å². The van der Waals surface area contributed by atoms with Crippen molar-refractivity contribution in [1.29, 1.82) is 0 Å². The van der Waals surface area contributed by atoms with Gasteiger partial charge in [0, 0.05) is 58.5 Å². The number of aldehydes is 1. The maximum absolute atomic E-state index is 15.0. The Hall–Kier alpha value is -3.84. The van der Waals surface area contributed by atoms with Crippen molar-refractivity contribution in [1.82, 2.24) is 14.9 Å². The van der Waals surface area contributed by atoms with Crippen molar-refractivity contribution in [2.75, 3.05) is 74.7 Å². The van der Waals surface area contributed by atoms with Gasteiger partial charge in [-0.25, -0.2) is 14.8 Å². The molecule has 13 heteroatoms. The topological polar surface area (TPSA) is 154 Å². The Morgan fingerprint density at radius 1 is 0.977 bits per heavy atom. The molecule has 0 saturated carbocycles. The summed E-state index contributed by atoms with van der Waals surface area (Å²) in [6.07, 6.45) is 9.67. The zero-order valence-electron chi connectivity index (χ0n) is 25.6. The van der Waals surface area contributed by atoms with Gasteiger partial charge in [0.05, 0.1) is 19.1 Å². The van der Waals surface area contributed by atoms with E-state index in [4.69, 9.17) is 15.6 Å². The number of anilines is 3. The van der Waals surface area contributed by atoms with Crippen molar-refractivity contribution in [3.05, 3.63) is 42.0 Å². The van der Waals surface area contributed by atoms with Crippen LogP contribution >= 0.6 is 0 Å². The van der Waals surface area contributed by atoms with Gasteiger partial charge in [-0.1, -0.05) is 25.0 Å². The Kier molecular flexibility index (Phi) is 14.8. The van der Waals surface area contributed by atoms with Crippen molar-refractivity contribution in [2.24, 2.45) is 11.7 Å². The number of hydrogen-bond donors (Lipinski definition) is 3. The lowest BCUT2D eigenvalue weighted by atomic mass is 9.97. The first-order valence-corrected chi connectivity index (χ1v) is 15.4. The second-order valence-corrected chi connectivity index (χ2v) is 10.9. The maximum atomic E-state index is 15.0. The number of aliphatic hydroxyl groups excluding tert-OH is 1. The van der Waals surface area contributed by atoms with Crippen molar-refractivity contribution >= 4 is 35.5 Å². The number of benzene rings is 1. The van der Waals surface area contributed by atoms with Crippen LogP contribution in [0.3, 0.4) is 0 Å². The highest BCUT2D eigenvalue weighted by atomic mass is 19.1. The Morgan fingerprint density at radius 3 is 2.20 bits per heavy atom. The van der Waals surface area contributed by atoms with Crippen molar-refractivity contribution in [3.8, 4) is 0 Å². The van der Waals surface area contributed by atoms with Crippen LogP contribution in [0.25, 0.3) is 0 Å². The number of carbonyl (C=O) groups is 3. The minimum atomic E-state index is -0.375. The third-order valence-electron chi connectivity index (χ3n) is 7.84. The van der Waals surface area contributed by atoms with Gasteiger partial charge in [0.2, 0.25) is 11.7 Å². The first-order valence-electron chi connectivity index (χ1n) is 15.4. The molecule has 3 aliphatic rings. The van der Waals surface area contributed by atoms with Gasteiger partial charge in [-0.15, -0.1) is 0 Å². The summed E-state index contributed by atoms with van der Waals surface area (Å²) in [6.45, 7) is 5.23. The summed E-state index contributed by atoms with van der Waals surface area (Å²) in [4.78, 5) is 47.6. The van der Waals surface area contributed by atoms with E-state index in [0.29, 0.717) is 57.4 Å². The van der Waals surface area contributed by atoms with Crippen molar-refractivity contribution in [2.45, 2.75) is 51.4 Å². The number of aliphatic hydroxyl groups is 1. The zero-order valence-corrected chi connectivity index (χ0v) is 25.6. The van der Waals surface area contributed by atoms with Crippen LogP contribution in [0.2, 0.25) is 0 Å². The highest BCUT2D eigenvalue weighted by Crippen LogP contribution is 2.29. The number of morpholine rings is 1. The molecule has 1 unspecified atom stereocenters. The molecule has 12 nitrogen and oxygen atoms in total. The second-order valence-electron chi connectivity index (χ2n) is 10.9. The zero-order chi connectivity index (χ0) is 31.7. The van der Waals surface area contributed by atoms with E-state index >= 15 is 0 Å². The summed E-state index contributed by atoms with van der Waals surface area (Å²) < 4.78 is 20.2. The number of aromatic nitrogens is 2. The van der Waals surface area contributed by atoms with E-state index in [1.165, 1.54) is 19.2 Å². The number of urea groups is 1. The molecule has 1 atom stereocenters. The van der Waals surface area contributed by atoms with E-state index in [1.54, 1.807) is 4.90 Å². The number of aryl methyl sites for hydroxylation is 1. The standard InChI is InChI=1S/C16H24FN5O.C14H18N2O3.CH4O/c17-13-15(21-7-3-1-2-4-8-21)19-11-20-16(13)22-9-5-6-12(10-22)14(18)23;17-9-1-2-12-3-5-13(6-4-12)15-14(18)16-7-10-19-11-8-16;1-2/h11-12H,1-10H2,(H2,18,23);3-6,9H,1-2,7-8,10-11H2,(H,15,18);2H,1H3. The number of primary amides is 1. The molecule has 44 heavy (non-hydrogen) atoms. The lowest BCUT2D eigenvalue weighted by Crippen LogP contribution is -2.43. The van der Waals surface area contributed by atoms with Gasteiger partial charge in [-0.05, 0) is 49.8 Å². The number of piperidine rings is 1. The fourth-order valence-electron chi connectivity index (χ4n) is 5.43. The monoisotopic (exact) mass is 615 g/mol. The van der Waals surface area contributed by atoms with Crippen molar-refractivity contribution in [3.63, 3.8) is 0 Å². The molecule has 1 aromatic heterocycles. The highest BCUT2D eigenvalue weighted by molar-refractivity contribution is 5.89. The molecule has 2 aromatic rings. The molecule has 3 aliphatic heterocycles. The normalized spacial score (nSPS) is 18.5.